The van der Waals surface area contributed by atoms with E-state index in [0.717, 1.165) is 0 Å². The number of carbonyl (C=O) groups excluding carboxylic acids is 1. The van der Waals surface area contributed by atoms with Crippen molar-refractivity contribution in [2.45, 2.75) is 6.92 Å². The van der Waals surface area contributed by atoms with Gasteiger partial charge in [-0.1, -0.05) is 0 Å². The third-order valence-corrected chi connectivity index (χ3v) is 3.26. The fourth-order valence-corrected chi connectivity index (χ4v) is 2.24. The topological polar surface area (TPSA) is 122 Å². The van der Waals surface area contributed by atoms with E-state index in [4.69, 9.17) is 5.73 Å². The summed E-state index contributed by atoms with van der Waals surface area (Å²) in [5.41, 5.74) is 8.67. The summed E-state index contributed by atoms with van der Waals surface area (Å²) in [5, 5.41) is 6.84. The molecule has 3 rings (SSSR count). The van der Waals surface area contributed by atoms with E-state index in [2.05, 4.69) is 20.4 Å². The predicted molar refractivity (Wildman–Crippen MR) is 79.2 cm³/mol. The molecule has 8 nitrogen and oxygen atoms in total. The zero-order valence-corrected chi connectivity index (χ0v) is 11.5. The zero-order valence-electron chi connectivity index (χ0n) is 11.5. The highest BCUT2D eigenvalue weighted by atomic mass is 16.2. The Morgan fingerprint density at radius 3 is 2.71 bits per heavy atom. The number of benzene rings is 1. The Balaban J connectivity index is 1.94. The van der Waals surface area contributed by atoms with Gasteiger partial charge in [0.15, 0.2) is 0 Å². The smallest absolute Gasteiger partial charge is 0.323 e. The lowest BCUT2D eigenvalue weighted by Crippen LogP contribution is -2.17. The van der Waals surface area contributed by atoms with Gasteiger partial charge < -0.3 is 21.0 Å². The van der Waals surface area contributed by atoms with Gasteiger partial charge in [0, 0.05) is 12.7 Å². The molecule has 2 aromatic heterocycles. The average molecular weight is 286 g/mol. The van der Waals surface area contributed by atoms with Crippen molar-refractivity contribution in [3.63, 3.8) is 0 Å². The van der Waals surface area contributed by atoms with Crippen LogP contribution in [0.15, 0.2) is 23.0 Å². The third kappa shape index (κ3) is 2.16. The van der Waals surface area contributed by atoms with Crippen molar-refractivity contribution < 1.29 is 4.79 Å². The molecule has 0 unspecified atom stereocenters. The number of nitrogens with one attached hydrogen (secondary N) is 3. The minimum Gasteiger partial charge on any atom is -0.395 e. The van der Waals surface area contributed by atoms with Gasteiger partial charge in [0.25, 0.3) is 5.91 Å². The number of fused-ring (bicyclic) bond motifs is 1. The van der Waals surface area contributed by atoms with Gasteiger partial charge in [-0.25, -0.2) is 4.79 Å². The number of imidazole rings is 1. The fraction of sp³-hybridized carbons (Fsp3) is 0.154. The van der Waals surface area contributed by atoms with Gasteiger partial charge in [-0.05, 0) is 25.1 Å². The average Bonchev–Trinajstić information content (AvgIpc) is 2.88. The maximum atomic E-state index is 12.3. The van der Waals surface area contributed by atoms with Crippen LogP contribution in [0.25, 0.3) is 11.0 Å². The lowest BCUT2D eigenvalue weighted by molar-refractivity contribution is 0.101. The molecule has 0 fully saturated rings. The molecule has 0 radical (unpaired) electrons. The van der Waals surface area contributed by atoms with Gasteiger partial charge in [-0.15, -0.1) is 0 Å². The molecule has 8 heteroatoms. The summed E-state index contributed by atoms with van der Waals surface area (Å²) >= 11 is 0. The van der Waals surface area contributed by atoms with Crippen LogP contribution in [-0.4, -0.2) is 25.7 Å². The number of hydrogen-bond acceptors (Lipinski definition) is 4. The standard InChI is InChI=1S/C13H14N6O2/c1-6-10(14)11(19(2)18-6)12(20)15-7-3-4-8-9(5-7)17-13(21)16-8/h3-5H,14H2,1-2H3,(H,15,20)(H2,16,17,21). The lowest BCUT2D eigenvalue weighted by Gasteiger charge is -2.06. The SMILES string of the molecule is Cc1nn(C)c(C(=O)Nc2ccc3[nH]c(=O)[nH]c3c2)c1N. The number of amides is 1. The highest BCUT2D eigenvalue weighted by Crippen LogP contribution is 2.19. The van der Waals surface area contributed by atoms with Crippen LogP contribution in [0.2, 0.25) is 0 Å². The third-order valence-electron chi connectivity index (χ3n) is 3.26. The van der Waals surface area contributed by atoms with Crippen molar-refractivity contribution in [1.82, 2.24) is 19.7 Å². The van der Waals surface area contributed by atoms with Gasteiger partial charge in [0.2, 0.25) is 0 Å². The van der Waals surface area contributed by atoms with Crippen LogP contribution >= 0.6 is 0 Å². The molecule has 0 atom stereocenters. The van der Waals surface area contributed by atoms with Crippen LogP contribution in [0.1, 0.15) is 16.2 Å². The first-order valence-electron chi connectivity index (χ1n) is 6.28. The van der Waals surface area contributed by atoms with E-state index >= 15 is 0 Å². The molecule has 0 aliphatic carbocycles. The summed E-state index contributed by atoms with van der Waals surface area (Å²) in [4.78, 5) is 28.8. The van der Waals surface area contributed by atoms with Gasteiger partial charge in [0.1, 0.15) is 5.69 Å². The molecule has 0 saturated heterocycles. The first-order chi connectivity index (χ1) is 9.95. The molecule has 0 saturated carbocycles. The molecule has 0 aliphatic heterocycles. The Kier molecular flexibility index (Phi) is 2.79. The summed E-state index contributed by atoms with van der Waals surface area (Å²) in [6.07, 6.45) is 0. The second-order valence-electron chi connectivity index (χ2n) is 4.76. The van der Waals surface area contributed by atoms with Crippen LogP contribution in [0.3, 0.4) is 0 Å². The van der Waals surface area contributed by atoms with Gasteiger partial charge in [-0.2, -0.15) is 5.10 Å². The van der Waals surface area contributed by atoms with Crippen LogP contribution in [-0.2, 0) is 7.05 Å². The van der Waals surface area contributed by atoms with Gasteiger partial charge in [-0.3, -0.25) is 9.48 Å². The largest absolute Gasteiger partial charge is 0.395 e. The van der Waals surface area contributed by atoms with Crippen LogP contribution in [0, 0.1) is 6.92 Å². The number of aryl methyl sites for hydroxylation is 2. The van der Waals surface area contributed by atoms with E-state index in [1.807, 2.05) is 0 Å². The molecule has 5 N–H and O–H groups in total. The van der Waals surface area contributed by atoms with Crippen molar-refractivity contribution in [3.05, 3.63) is 40.1 Å². The molecule has 1 amide bonds. The van der Waals surface area contributed by atoms with E-state index in [9.17, 15) is 9.59 Å². The first kappa shape index (κ1) is 13.0. The van der Waals surface area contributed by atoms with Crippen molar-refractivity contribution in [2.75, 3.05) is 11.1 Å². The molecule has 1 aromatic carbocycles. The molecule has 0 bridgehead atoms. The summed E-state index contributed by atoms with van der Waals surface area (Å²) in [5.74, 6) is -0.354. The number of nitrogen functional groups attached to an aromatic ring is 1. The Bertz CT molecular complexity index is 901. The summed E-state index contributed by atoms with van der Waals surface area (Å²) in [6, 6.07) is 5.08. The van der Waals surface area contributed by atoms with Crippen LogP contribution in [0.4, 0.5) is 11.4 Å². The normalized spacial score (nSPS) is 11.0. The maximum Gasteiger partial charge on any atom is 0.323 e. The Labute approximate surface area is 119 Å². The predicted octanol–water partition coefficient (Wildman–Crippen LogP) is 0.733. The number of nitrogens with zero attached hydrogens (tertiary/aromatic N) is 2. The molecule has 2 heterocycles. The Morgan fingerprint density at radius 2 is 2.05 bits per heavy atom. The molecular weight excluding hydrogens is 272 g/mol. The number of carbonyl (C=O) groups is 1. The first-order valence-corrected chi connectivity index (χ1v) is 6.28. The van der Waals surface area contributed by atoms with Gasteiger partial charge in [0.05, 0.1) is 22.4 Å². The number of nitrogens with two attached hydrogens (primary N) is 1. The molecule has 0 spiro atoms. The van der Waals surface area contributed by atoms with Gasteiger partial charge >= 0.3 is 5.69 Å². The summed E-state index contributed by atoms with van der Waals surface area (Å²) in [7, 11) is 1.66. The molecular formula is C13H14N6O2. The summed E-state index contributed by atoms with van der Waals surface area (Å²) < 4.78 is 1.44. The fourth-order valence-electron chi connectivity index (χ4n) is 2.24. The van der Waals surface area contributed by atoms with E-state index in [1.54, 1.807) is 32.2 Å². The van der Waals surface area contributed by atoms with E-state index < -0.39 is 0 Å². The van der Waals surface area contributed by atoms with Crippen molar-refractivity contribution in [3.8, 4) is 0 Å². The minimum absolute atomic E-state index is 0.292. The number of aromatic nitrogens is 4. The van der Waals surface area contributed by atoms with E-state index in [-0.39, 0.29) is 11.6 Å². The number of anilines is 2. The minimum atomic E-state index is -0.354. The van der Waals surface area contributed by atoms with Crippen molar-refractivity contribution in [2.24, 2.45) is 7.05 Å². The Morgan fingerprint density at radius 1 is 1.33 bits per heavy atom. The zero-order chi connectivity index (χ0) is 15.1. The number of H-pyrrole nitrogens is 2. The quantitative estimate of drug-likeness (QED) is 0.554. The highest BCUT2D eigenvalue weighted by molar-refractivity contribution is 6.07. The molecule has 3 aromatic rings. The number of aromatic amines is 2. The summed E-state index contributed by atoms with van der Waals surface area (Å²) in [6.45, 7) is 1.74. The molecule has 108 valence electrons. The van der Waals surface area contributed by atoms with Crippen molar-refractivity contribution in [1.29, 1.82) is 0 Å². The van der Waals surface area contributed by atoms with E-state index in [0.29, 0.717) is 33.8 Å². The van der Waals surface area contributed by atoms with Crippen LogP contribution < -0.4 is 16.7 Å². The molecule has 21 heavy (non-hydrogen) atoms. The monoisotopic (exact) mass is 286 g/mol. The Hall–Kier alpha value is -3.03. The van der Waals surface area contributed by atoms with Crippen molar-refractivity contribution >= 4 is 28.3 Å². The number of hydrogen-bond donors (Lipinski definition) is 4. The van der Waals surface area contributed by atoms with E-state index in [1.165, 1.54) is 4.68 Å². The highest BCUT2D eigenvalue weighted by Gasteiger charge is 2.18. The van der Waals surface area contributed by atoms with Crippen LogP contribution in [0.5, 0.6) is 0 Å². The maximum absolute atomic E-state index is 12.3. The second-order valence-corrected chi connectivity index (χ2v) is 4.76. The lowest BCUT2D eigenvalue weighted by atomic mass is 10.2. The number of rotatable bonds is 2. The second kappa shape index (κ2) is 4.51. The molecule has 0 aliphatic rings.